The number of nitrogens with one attached hydrogen (secondary N) is 1. The first kappa shape index (κ1) is 10.4. The van der Waals surface area contributed by atoms with E-state index in [4.69, 9.17) is 11.6 Å². The molecule has 0 saturated carbocycles. The van der Waals surface area contributed by atoms with Gasteiger partial charge in [0.2, 0.25) is 5.91 Å². The number of benzene rings is 1. The van der Waals surface area contributed by atoms with E-state index in [0.717, 1.165) is 4.47 Å². The number of halogens is 2. The number of amides is 3. The molecule has 4 nitrogen and oxygen atoms in total. The summed E-state index contributed by atoms with van der Waals surface area (Å²) in [6.07, 6.45) is 0. The number of imide groups is 1. The molecule has 0 radical (unpaired) electrons. The molecule has 78 valence electrons. The maximum atomic E-state index is 11.4. The molecule has 1 N–H and O–H groups in total. The molecule has 0 aliphatic carbocycles. The lowest BCUT2D eigenvalue weighted by atomic mass is 10.3. The van der Waals surface area contributed by atoms with Crippen LogP contribution in [0.5, 0.6) is 0 Å². The van der Waals surface area contributed by atoms with Gasteiger partial charge in [-0.2, -0.15) is 0 Å². The highest BCUT2D eigenvalue weighted by Crippen LogP contribution is 2.30. The van der Waals surface area contributed by atoms with Crippen LogP contribution in [0.4, 0.5) is 10.5 Å². The third-order valence-electron chi connectivity index (χ3n) is 1.99. The van der Waals surface area contributed by atoms with Crippen molar-refractivity contribution in [2.24, 2.45) is 0 Å². The summed E-state index contributed by atoms with van der Waals surface area (Å²) in [4.78, 5) is 23.7. The topological polar surface area (TPSA) is 49.4 Å². The van der Waals surface area contributed by atoms with Gasteiger partial charge in [-0.1, -0.05) is 11.6 Å². The van der Waals surface area contributed by atoms with Gasteiger partial charge in [0.05, 0.1) is 5.69 Å². The number of carbonyl (C=O) groups is 2. The maximum absolute atomic E-state index is 11.4. The fraction of sp³-hybridized carbons (Fsp3) is 0.111. The van der Waals surface area contributed by atoms with E-state index in [2.05, 4.69) is 21.2 Å². The zero-order chi connectivity index (χ0) is 11.0. The Morgan fingerprint density at radius 1 is 1.40 bits per heavy atom. The van der Waals surface area contributed by atoms with Crippen LogP contribution in [0.2, 0.25) is 5.02 Å². The van der Waals surface area contributed by atoms with E-state index in [0.29, 0.717) is 10.7 Å². The van der Waals surface area contributed by atoms with Crippen LogP contribution in [-0.4, -0.2) is 18.5 Å². The summed E-state index contributed by atoms with van der Waals surface area (Å²) in [7, 11) is 0. The molecule has 2 rings (SSSR count). The molecule has 0 aromatic heterocycles. The number of hydrogen-bond acceptors (Lipinski definition) is 2. The van der Waals surface area contributed by atoms with Crippen LogP contribution in [0.1, 0.15) is 0 Å². The lowest BCUT2D eigenvalue weighted by Gasteiger charge is -2.15. The molecule has 6 heteroatoms. The Morgan fingerprint density at radius 3 is 2.73 bits per heavy atom. The van der Waals surface area contributed by atoms with Gasteiger partial charge in [-0.05, 0) is 34.1 Å². The van der Waals surface area contributed by atoms with Gasteiger partial charge < -0.3 is 0 Å². The van der Waals surface area contributed by atoms with E-state index in [-0.39, 0.29) is 12.5 Å². The number of rotatable bonds is 1. The quantitative estimate of drug-likeness (QED) is 0.806. The minimum atomic E-state index is -0.428. The second kappa shape index (κ2) is 3.83. The molecule has 1 aliphatic rings. The lowest BCUT2D eigenvalue weighted by Crippen LogP contribution is -2.28. The van der Waals surface area contributed by atoms with Gasteiger partial charge >= 0.3 is 6.03 Å². The fourth-order valence-electron chi connectivity index (χ4n) is 1.33. The van der Waals surface area contributed by atoms with Crippen LogP contribution in [0, 0.1) is 0 Å². The van der Waals surface area contributed by atoms with Gasteiger partial charge in [0.25, 0.3) is 0 Å². The van der Waals surface area contributed by atoms with E-state index in [1.165, 1.54) is 4.90 Å². The van der Waals surface area contributed by atoms with Crippen molar-refractivity contribution in [2.45, 2.75) is 0 Å². The van der Waals surface area contributed by atoms with Gasteiger partial charge in [0, 0.05) is 9.50 Å². The molecule has 1 aromatic carbocycles. The first-order valence-corrected chi connectivity index (χ1v) is 5.31. The minimum Gasteiger partial charge on any atom is -0.284 e. The highest BCUT2D eigenvalue weighted by Gasteiger charge is 2.29. The number of nitrogens with zero attached hydrogens (tertiary/aromatic N) is 1. The number of anilines is 1. The second-order valence-electron chi connectivity index (χ2n) is 3.04. The Labute approximate surface area is 99.3 Å². The van der Waals surface area contributed by atoms with Crippen LogP contribution < -0.4 is 10.2 Å². The van der Waals surface area contributed by atoms with Crippen molar-refractivity contribution in [3.8, 4) is 0 Å². The van der Waals surface area contributed by atoms with E-state index in [1.54, 1.807) is 18.2 Å². The molecule has 0 atom stereocenters. The average molecular weight is 290 g/mol. The predicted octanol–water partition coefficient (Wildman–Crippen LogP) is 2.16. The standard InChI is InChI=1S/C9H6BrClN2O2/c10-6-2-1-5(11)3-7(6)13-4-8(14)12-9(13)15/h1-3H,4H2,(H,12,14,15). The van der Waals surface area contributed by atoms with Crippen LogP contribution in [0.15, 0.2) is 22.7 Å². The molecular weight excluding hydrogens is 283 g/mol. The normalized spacial score (nSPS) is 15.7. The molecule has 1 fully saturated rings. The van der Waals surface area contributed by atoms with Crippen molar-refractivity contribution in [1.29, 1.82) is 0 Å². The summed E-state index contributed by atoms with van der Waals surface area (Å²) in [6.45, 7) is 0.0256. The van der Waals surface area contributed by atoms with Crippen molar-refractivity contribution >= 4 is 45.2 Å². The molecular formula is C9H6BrClN2O2. The van der Waals surface area contributed by atoms with Crippen molar-refractivity contribution in [3.05, 3.63) is 27.7 Å². The van der Waals surface area contributed by atoms with Crippen LogP contribution in [-0.2, 0) is 4.79 Å². The first-order chi connectivity index (χ1) is 7.08. The summed E-state index contributed by atoms with van der Waals surface area (Å²) in [5.41, 5.74) is 0.589. The monoisotopic (exact) mass is 288 g/mol. The van der Waals surface area contributed by atoms with Crippen LogP contribution in [0.25, 0.3) is 0 Å². The van der Waals surface area contributed by atoms with E-state index in [1.807, 2.05) is 0 Å². The Bertz CT molecular complexity index is 450. The molecule has 1 saturated heterocycles. The number of urea groups is 1. The molecule has 1 aromatic rings. The maximum Gasteiger partial charge on any atom is 0.329 e. The predicted molar refractivity (Wildman–Crippen MR) is 60.0 cm³/mol. The third-order valence-corrected chi connectivity index (χ3v) is 2.90. The minimum absolute atomic E-state index is 0.0256. The summed E-state index contributed by atoms with van der Waals surface area (Å²) >= 11 is 9.11. The van der Waals surface area contributed by atoms with E-state index < -0.39 is 6.03 Å². The van der Waals surface area contributed by atoms with Gasteiger partial charge in [0.15, 0.2) is 0 Å². The fourth-order valence-corrected chi connectivity index (χ4v) is 1.96. The zero-order valence-electron chi connectivity index (χ0n) is 7.46. The molecule has 1 aliphatic heterocycles. The largest absolute Gasteiger partial charge is 0.329 e. The Hall–Kier alpha value is -1.07. The van der Waals surface area contributed by atoms with E-state index >= 15 is 0 Å². The average Bonchev–Trinajstić information content (AvgIpc) is 2.50. The highest BCUT2D eigenvalue weighted by atomic mass is 79.9. The molecule has 0 spiro atoms. The van der Waals surface area contributed by atoms with Gasteiger partial charge in [-0.15, -0.1) is 0 Å². The number of carbonyl (C=O) groups excluding carboxylic acids is 2. The molecule has 0 unspecified atom stereocenters. The zero-order valence-corrected chi connectivity index (χ0v) is 9.80. The summed E-state index contributed by atoms with van der Waals surface area (Å²) in [6, 6.07) is 4.63. The Kier molecular flexibility index (Phi) is 2.67. The molecule has 1 heterocycles. The van der Waals surface area contributed by atoms with Crippen molar-refractivity contribution in [1.82, 2.24) is 5.32 Å². The highest BCUT2D eigenvalue weighted by molar-refractivity contribution is 9.10. The molecule has 0 bridgehead atoms. The third kappa shape index (κ3) is 1.98. The van der Waals surface area contributed by atoms with Gasteiger partial charge in [-0.3, -0.25) is 15.0 Å². The van der Waals surface area contributed by atoms with Gasteiger partial charge in [-0.25, -0.2) is 4.79 Å². The molecule has 15 heavy (non-hydrogen) atoms. The Morgan fingerprint density at radius 2 is 2.13 bits per heavy atom. The van der Waals surface area contributed by atoms with Crippen LogP contribution >= 0.6 is 27.5 Å². The smallest absolute Gasteiger partial charge is 0.284 e. The number of hydrogen-bond donors (Lipinski definition) is 1. The first-order valence-electron chi connectivity index (χ1n) is 4.14. The SMILES string of the molecule is O=C1CN(c2cc(Cl)ccc2Br)C(=O)N1. The summed E-state index contributed by atoms with van der Waals surface area (Å²) < 4.78 is 0.719. The van der Waals surface area contributed by atoms with Crippen LogP contribution in [0.3, 0.4) is 0 Å². The summed E-state index contributed by atoms with van der Waals surface area (Å²) in [5, 5.41) is 2.71. The van der Waals surface area contributed by atoms with E-state index in [9.17, 15) is 9.59 Å². The Balaban J connectivity index is 2.41. The van der Waals surface area contributed by atoms with Gasteiger partial charge in [0.1, 0.15) is 6.54 Å². The second-order valence-corrected chi connectivity index (χ2v) is 4.33. The summed E-state index contributed by atoms with van der Waals surface area (Å²) in [5.74, 6) is -0.313. The molecule has 3 amide bonds. The van der Waals surface area contributed by atoms with Crippen molar-refractivity contribution in [2.75, 3.05) is 11.4 Å². The van der Waals surface area contributed by atoms with Crippen molar-refractivity contribution in [3.63, 3.8) is 0 Å². The lowest BCUT2D eigenvalue weighted by molar-refractivity contribution is -0.117. The van der Waals surface area contributed by atoms with Crippen molar-refractivity contribution < 1.29 is 9.59 Å².